The highest BCUT2D eigenvalue weighted by molar-refractivity contribution is 7.89. The van der Waals surface area contributed by atoms with Crippen LogP contribution < -0.4 is 15.8 Å². The summed E-state index contributed by atoms with van der Waals surface area (Å²) in [6.45, 7) is 1.23. The number of ether oxygens (including phenoxy) is 1. The first kappa shape index (κ1) is 26.5. The van der Waals surface area contributed by atoms with Crippen molar-refractivity contribution in [2.24, 2.45) is 5.14 Å². The van der Waals surface area contributed by atoms with Gasteiger partial charge >= 0.3 is 12.3 Å². The summed E-state index contributed by atoms with van der Waals surface area (Å²) in [7, 11) is -4.30. The van der Waals surface area contributed by atoms with Crippen molar-refractivity contribution >= 4 is 27.8 Å². The zero-order valence-electron chi connectivity index (χ0n) is 18.3. The molecule has 1 saturated carbocycles. The first-order valence-electron chi connectivity index (χ1n) is 10.4. The number of aromatic nitrogens is 2. The normalized spacial score (nSPS) is 19.3. The summed E-state index contributed by atoms with van der Waals surface area (Å²) in [5, 5.41) is 9.37. The van der Waals surface area contributed by atoms with Crippen LogP contribution in [-0.4, -0.2) is 42.8 Å². The Kier molecular flexibility index (Phi) is 7.79. The van der Waals surface area contributed by atoms with Gasteiger partial charge in [0.1, 0.15) is 11.8 Å². The number of nitrogens with one attached hydrogen (secondary N) is 2. The predicted molar refractivity (Wildman–Crippen MR) is 113 cm³/mol. The van der Waals surface area contributed by atoms with Crippen molar-refractivity contribution in [2.75, 3.05) is 5.32 Å². The Morgan fingerprint density at radius 3 is 2.34 bits per heavy atom. The van der Waals surface area contributed by atoms with E-state index in [9.17, 15) is 35.2 Å². The largest absolute Gasteiger partial charge is 0.446 e. The maximum atomic E-state index is 14.2. The fourth-order valence-corrected chi connectivity index (χ4v) is 4.23. The molecule has 1 aromatic carbocycles. The number of carbonyl (C=O) groups excluding carboxylic acids is 1. The van der Waals surface area contributed by atoms with Crippen LogP contribution in [0.25, 0.3) is 0 Å². The predicted octanol–water partition coefficient (Wildman–Crippen LogP) is 3.85. The number of alkyl carbamates (subject to hydrolysis) is 1. The van der Waals surface area contributed by atoms with E-state index in [1.807, 2.05) is 0 Å². The van der Waals surface area contributed by atoms with Crippen molar-refractivity contribution in [1.82, 2.24) is 15.3 Å². The van der Waals surface area contributed by atoms with Crippen LogP contribution in [0.3, 0.4) is 0 Å². The van der Waals surface area contributed by atoms with Gasteiger partial charge < -0.3 is 15.4 Å². The minimum absolute atomic E-state index is 0.100. The quantitative estimate of drug-likeness (QED) is 0.469. The number of primary sulfonamides is 1. The molecule has 0 saturated heterocycles. The second-order valence-corrected chi connectivity index (χ2v) is 9.74. The molecule has 0 unspecified atom stereocenters. The van der Waals surface area contributed by atoms with Gasteiger partial charge in [0.05, 0.1) is 11.3 Å². The van der Waals surface area contributed by atoms with Crippen LogP contribution in [0.2, 0.25) is 0 Å². The third-order valence-corrected chi connectivity index (χ3v) is 6.18. The summed E-state index contributed by atoms with van der Waals surface area (Å²) >= 11 is 0. The number of anilines is 2. The van der Waals surface area contributed by atoms with Crippen molar-refractivity contribution in [3.05, 3.63) is 41.7 Å². The molecule has 4 N–H and O–H groups in total. The fourth-order valence-electron chi connectivity index (χ4n) is 3.69. The average molecular weight is 523 g/mol. The Labute approximate surface area is 197 Å². The number of hydrogen-bond donors (Lipinski definition) is 3. The van der Waals surface area contributed by atoms with Crippen molar-refractivity contribution < 1.29 is 39.9 Å². The Balaban J connectivity index is 1.57. The Bertz CT molecular complexity index is 1150. The molecule has 2 aromatic rings. The minimum Gasteiger partial charge on any atom is -0.446 e. The van der Waals surface area contributed by atoms with E-state index >= 15 is 0 Å². The number of nitrogens with two attached hydrogens (primary N) is 1. The van der Waals surface area contributed by atoms with Crippen LogP contribution in [0, 0.1) is 11.6 Å². The van der Waals surface area contributed by atoms with E-state index in [0.717, 1.165) is 0 Å². The highest BCUT2D eigenvalue weighted by atomic mass is 32.2. The molecule has 1 aliphatic carbocycles. The number of sulfonamides is 1. The second kappa shape index (κ2) is 10.3. The molecule has 1 amide bonds. The standard InChI is InChI=1S/C20H22F5N5O4S/c1-10(7-20(23,24)25)29-19(31)34-13-3-2-11(4-13)12-8-27-18(28-9-12)30-17-15(21)5-14(6-16(17)22)35(26,32)33/h5-6,8-11,13H,2-4,7H2,1H3,(H,29,31)(H2,26,32,33)(H,27,28,30)/t10-,11-,13+/m0/s1. The number of amides is 1. The Hall–Kier alpha value is -3.07. The van der Waals surface area contributed by atoms with Gasteiger partial charge in [-0.3, -0.25) is 0 Å². The number of nitrogens with zero attached hydrogens (tertiary/aromatic N) is 2. The van der Waals surface area contributed by atoms with Crippen molar-refractivity contribution in [2.45, 2.75) is 61.7 Å². The molecule has 15 heteroatoms. The molecule has 0 radical (unpaired) electrons. The molecule has 9 nitrogen and oxygen atoms in total. The van der Waals surface area contributed by atoms with Crippen LogP contribution in [0.4, 0.5) is 38.4 Å². The Morgan fingerprint density at radius 2 is 1.80 bits per heavy atom. The van der Waals surface area contributed by atoms with E-state index in [1.165, 1.54) is 19.3 Å². The summed E-state index contributed by atoms with van der Waals surface area (Å²) in [6, 6.07) is 0.000422. The molecule has 1 fully saturated rings. The number of benzene rings is 1. The summed E-state index contributed by atoms with van der Waals surface area (Å²) < 4.78 is 93.2. The summed E-state index contributed by atoms with van der Waals surface area (Å²) in [6.07, 6.45) is -2.68. The van der Waals surface area contributed by atoms with Crippen molar-refractivity contribution in [3.8, 4) is 0 Å². The minimum atomic E-state index is -4.40. The molecule has 1 heterocycles. The average Bonchev–Trinajstić information content (AvgIpc) is 3.17. The molecule has 1 aromatic heterocycles. The van der Waals surface area contributed by atoms with Gasteiger partial charge in [-0.05, 0) is 49.8 Å². The van der Waals surface area contributed by atoms with Gasteiger partial charge in [0.25, 0.3) is 0 Å². The van der Waals surface area contributed by atoms with Gasteiger partial charge in [-0.1, -0.05) is 0 Å². The molecular formula is C20H22F5N5O4S. The lowest BCUT2D eigenvalue weighted by Gasteiger charge is -2.18. The fraction of sp³-hybridized carbons (Fsp3) is 0.450. The highest BCUT2D eigenvalue weighted by Crippen LogP contribution is 2.36. The molecule has 1 aliphatic rings. The van der Waals surface area contributed by atoms with Gasteiger partial charge in [0.2, 0.25) is 16.0 Å². The molecule has 35 heavy (non-hydrogen) atoms. The first-order chi connectivity index (χ1) is 16.2. The monoisotopic (exact) mass is 523 g/mol. The zero-order valence-corrected chi connectivity index (χ0v) is 19.1. The topological polar surface area (TPSA) is 136 Å². The Morgan fingerprint density at radius 1 is 1.20 bits per heavy atom. The summed E-state index contributed by atoms with van der Waals surface area (Å²) in [4.78, 5) is 19.1. The van der Waals surface area contributed by atoms with E-state index < -0.39 is 63.1 Å². The smallest absolute Gasteiger partial charge is 0.407 e. The van der Waals surface area contributed by atoms with Gasteiger partial charge in [-0.2, -0.15) is 13.2 Å². The molecule has 0 aliphatic heterocycles. The van der Waals surface area contributed by atoms with Crippen LogP contribution >= 0.6 is 0 Å². The molecule has 3 atom stereocenters. The van der Waals surface area contributed by atoms with Gasteiger partial charge in [0.15, 0.2) is 11.6 Å². The van der Waals surface area contributed by atoms with Crippen LogP contribution in [0.5, 0.6) is 0 Å². The summed E-state index contributed by atoms with van der Waals surface area (Å²) in [5.74, 6) is -2.67. The van der Waals surface area contributed by atoms with Crippen molar-refractivity contribution in [1.29, 1.82) is 0 Å². The number of hydrogen-bond acceptors (Lipinski definition) is 7. The van der Waals surface area contributed by atoms with Gasteiger partial charge in [-0.25, -0.2) is 37.1 Å². The van der Waals surface area contributed by atoms with E-state index in [1.54, 1.807) is 0 Å². The molecular weight excluding hydrogens is 501 g/mol. The SMILES string of the molecule is C[C@@H](CC(F)(F)F)NC(=O)O[C@@H]1CC[C@H](c2cnc(Nc3c(F)cc(S(N)(=O)=O)cc3F)nc2)C1. The second-order valence-electron chi connectivity index (χ2n) is 8.17. The van der Waals surface area contributed by atoms with Gasteiger partial charge in [0, 0.05) is 18.4 Å². The lowest BCUT2D eigenvalue weighted by Crippen LogP contribution is -2.37. The number of alkyl halides is 3. The van der Waals surface area contributed by atoms with Crippen LogP contribution in [0.15, 0.2) is 29.4 Å². The lowest BCUT2D eigenvalue weighted by molar-refractivity contribution is -0.138. The lowest BCUT2D eigenvalue weighted by atomic mass is 10.0. The third kappa shape index (κ3) is 7.45. The van der Waals surface area contributed by atoms with Crippen LogP contribution in [-0.2, 0) is 14.8 Å². The van der Waals surface area contributed by atoms with E-state index in [4.69, 9.17) is 9.88 Å². The highest BCUT2D eigenvalue weighted by Gasteiger charge is 2.32. The summed E-state index contributed by atoms with van der Waals surface area (Å²) in [5.41, 5.74) is 0.00302. The molecule has 3 rings (SSSR count). The zero-order chi connectivity index (χ0) is 26.0. The number of rotatable bonds is 7. The maximum Gasteiger partial charge on any atom is 0.407 e. The molecule has 0 bridgehead atoms. The molecule has 0 spiro atoms. The van der Waals surface area contributed by atoms with Crippen molar-refractivity contribution in [3.63, 3.8) is 0 Å². The third-order valence-electron chi connectivity index (χ3n) is 5.28. The van der Waals surface area contributed by atoms with E-state index in [2.05, 4.69) is 20.6 Å². The molecule has 192 valence electrons. The van der Waals surface area contributed by atoms with Crippen LogP contribution in [0.1, 0.15) is 44.1 Å². The number of carbonyl (C=O) groups is 1. The van der Waals surface area contributed by atoms with E-state index in [-0.39, 0.29) is 11.9 Å². The van der Waals surface area contributed by atoms with Gasteiger partial charge in [-0.15, -0.1) is 0 Å². The maximum absolute atomic E-state index is 14.2. The first-order valence-corrected chi connectivity index (χ1v) is 11.9. The van der Waals surface area contributed by atoms with E-state index in [0.29, 0.717) is 37.0 Å². The number of halogens is 5.